The fraction of sp³-hybridized carbons (Fsp3) is 0.600. The number of benzene rings is 1. The molecule has 1 fully saturated rings. The van der Waals surface area contributed by atoms with Gasteiger partial charge in [-0.3, -0.25) is 0 Å². The van der Waals surface area contributed by atoms with Gasteiger partial charge in [0.15, 0.2) is 5.75 Å². The maximum Gasteiger partial charge on any atom is 0.387 e. The first-order chi connectivity index (χ1) is 12.7. The third-order valence-corrected chi connectivity index (χ3v) is 5.02. The summed E-state index contributed by atoms with van der Waals surface area (Å²) < 4.78 is 36.7. The van der Waals surface area contributed by atoms with E-state index in [0.717, 1.165) is 12.0 Å². The van der Waals surface area contributed by atoms with Gasteiger partial charge in [0.1, 0.15) is 12.4 Å². The summed E-state index contributed by atoms with van der Waals surface area (Å²) in [7, 11) is 0. The van der Waals surface area contributed by atoms with E-state index in [1.807, 2.05) is 24.8 Å². The number of anilines is 1. The first kappa shape index (κ1) is 21.4. The van der Waals surface area contributed by atoms with E-state index < -0.39 is 12.2 Å². The minimum atomic E-state index is -2.96. The summed E-state index contributed by atoms with van der Waals surface area (Å²) in [4.78, 5) is 1.84. The molecule has 0 bridgehead atoms. The molecule has 0 heterocycles. The lowest BCUT2D eigenvalue weighted by Gasteiger charge is -2.47. The molecule has 2 rings (SSSR count). The van der Waals surface area contributed by atoms with Crippen LogP contribution in [-0.4, -0.2) is 36.5 Å². The van der Waals surface area contributed by atoms with Crippen LogP contribution in [0.2, 0.25) is 0 Å². The van der Waals surface area contributed by atoms with Crippen LogP contribution in [0, 0.1) is 0 Å². The second-order valence-electron chi connectivity index (χ2n) is 7.33. The lowest BCUT2D eigenvalue weighted by molar-refractivity contribution is -0.0505. The normalized spacial score (nSPS) is 22.9. The summed E-state index contributed by atoms with van der Waals surface area (Å²) in [6, 6.07) is 3.29. The molecule has 1 aliphatic carbocycles. The number of alkyl halides is 2. The lowest BCUT2D eigenvalue weighted by atomic mass is 9.76. The summed E-state index contributed by atoms with van der Waals surface area (Å²) in [5, 5.41) is 10.1. The second-order valence-corrected chi connectivity index (χ2v) is 7.33. The Labute approximate surface area is 159 Å². The van der Waals surface area contributed by atoms with Gasteiger partial charge in [0.25, 0.3) is 0 Å². The zero-order chi connectivity index (χ0) is 20.2. The molecule has 1 atom stereocenters. The van der Waals surface area contributed by atoms with Gasteiger partial charge in [-0.2, -0.15) is 8.78 Å². The number of rotatable bonds is 10. The number of aliphatic hydroxyl groups is 1. The summed E-state index contributed by atoms with van der Waals surface area (Å²) in [6.45, 7) is 7.32. The molecule has 0 aliphatic heterocycles. The number of nitrogens with two attached hydrogens (primary N) is 1. The molecule has 27 heavy (non-hydrogen) atoms. The van der Waals surface area contributed by atoms with E-state index in [1.165, 1.54) is 6.07 Å². The first-order valence-electron chi connectivity index (χ1n) is 9.31. The number of hydrogen-bond donors (Lipinski definition) is 2. The van der Waals surface area contributed by atoms with Crippen LogP contribution in [-0.2, 0) is 0 Å². The predicted molar refractivity (Wildman–Crippen MR) is 103 cm³/mol. The van der Waals surface area contributed by atoms with Crippen molar-refractivity contribution in [2.75, 3.05) is 18.1 Å². The van der Waals surface area contributed by atoms with Crippen LogP contribution in [0.15, 0.2) is 24.9 Å². The van der Waals surface area contributed by atoms with Gasteiger partial charge in [-0.1, -0.05) is 20.4 Å². The molecule has 0 spiro atoms. The van der Waals surface area contributed by atoms with Crippen molar-refractivity contribution in [2.24, 2.45) is 5.73 Å². The molecule has 0 radical (unpaired) electrons. The van der Waals surface area contributed by atoms with Crippen LogP contribution < -0.4 is 20.1 Å². The first-order valence-corrected chi connectivity index (χ1v) is 9.31. The summed E-state index contributed by atoms with van der Waals surface area (Å²) in [6.07, 6.45) is 3.48. The molecule has 1 aromatic rings. The third-order valence-electron chi connectivity index (χ3n) is 5.02. The topological polar surface area (TPSA) is 68.0 Å². The number of halogens is 2. The Morgan fingerprint density at radius 2 is 2.11 bits per heavy atom. The second kappa shape index (κ2) is 8.89. The number of ether oxygens (including phenoxy) is 2. The molecule has 1 saturated carbocycles. The molecule has 3 N–H and O–H groups in total. The van der Waals surface area contributed by atoms with Gasteiger partial charge in [0.2, 0.25) is 0 Å². The molecule has 0 amide bonds. The van der Waals surface area contributed by atoms with Gasteiger partial charge in [-0.25, -0.2) is 0 Å². The van der Waals surface area contributed by atoms with Crippen LogP contribution in [0.3, 0.4) is 0 Å². The van der Waals surface area contributed by atoms with Crippen molar-refractivity contribution < 1.29 is 23.4 Å². The average molecular weight is 384 g/mol. The maximum atomic E-state index is 13.1. The minimum Gasteiger partial charge on any atom is -0.492 e. The molecular weight excluding hydrogens is 354 g/mol. The number of hydrogen-bond acceptors (Lipinski definition) is 5. The highest BCUT2D eigenvalue weighted by Crippen LogP contribution is 2.46. The minimum absolute atomic E-state index is 0.0314. The van der Waals surface area contributed by atoms with Crippen molar-refractivity contribution in [3.8, 4) is 11.5 Å². The highest BCUT2D eigenvalue weighted by Gasteiger charge is 2.42. The van der Waals surface area contributed by atoms with E-state index >= 15 is 0 Å². The van der Waals surface area contributed by atoms with E-state index in [4.69, 9.17) is 15.2 Å². The Morgan fingerprint density at radius 1 is 1.44 bits per heavy atom. The summed E-state index contributed by atoms with van der Waals surface area (Å²) >= 11 is 0. The maximum absolute atomic E-state index is 13.1. The molecule has 1 aliphatic rings. The smallest absolute Gasteiger partial charge is 0.387 e. The Morgan fingerprint density at radius 3 is 2.59 bits per heavy atom. The quantitative estimate of drug-likeness (QED) is 0.638. The monoisotopic (exact) mass is 384 g/mol. The molecule has 7 heteroatoms. The highest BCUT2D eigenvalue weighted by molar-refractivity contribution is 5.69. The molecular formula is C20H30F2N2O3. The molecule has 152 valence electrons. The van der Waals surface area contributed by atoms with E-state index in [9.17, 15) is 13.9 Å². The Bertz CT molecular complexity index is 644. The molecule has 1 aromatic carbocycles. The van der Waals surface area contributed by atoms with Gasteiger partial charge in [-0.15, -0.1) is 0 Å². The predicted octanol–water partition coefficient (Wildman–Crippen LogP) is 4.00. The number of nitrogens with zero attached hydrogens (tertiary/aromatic N) is 1. The zero-order valence-electron chi connectivity index (χ0n) is 16.3. The Hall–Kier alpha value is -1.86. The standard InChI is InChI=1S/C20H30F2N2O3/c1-5-13(3)16-9-15(26-8-7-23)10-17(27-19(21)22)18(16)24(6-2)14-11-20(4,25)12-14/h6,9-10,13-14,19,25H,2,5,7-8,11-12,23H2,1,3-4H3. The highest BCUT2D eigenvalue weighted by atomic mass is 19.3. The van der Waals surface area contributed by atoms with E-state index in [0.29, 0.717) is 30.8 Å². The van der Waals surface area contributed by atoms with Gasteiger partial charge in [0, 0.05) is 18.7 Å². The molecule has 1 unspecified atom stereocenters. The van der Waals surface area contributed by atoms with E-state index in [1.54, 1.807) is 13.1 Å². The van der Waals surface area contributed by atoms with Crippen molar-refractivity contribution in [1.82, 2.24) is 0 Å². The van der Waals surface area contributed by atoms with Gasteiger partial charge in [0.05, 0.1) is 11.3 Å². The SMILES string of the molecule is C=CN(c1c(OC(F)F)cc(OCCN)cc1C(C)CC)C1CC(C)(O)C1. The van der Waals surface area contributed by atoms with Crippen LogP contribution in [0.5, 0.6) is 11.5 Å². The third kappa shape index (κ3) is 5.11. The fourth-order valence-electron chi connectivity index (χ4n) is 3.50. The summed E-state index contributed by atoms with van der Waals surface area (Å²) in [5.74, 6) is 0.575. The van der Waals surface area contributed by atoms with Crippen LogP contribution in [0.1, 0.15) is 51.5 Å². The van der Waals surface area contributed by atoms with Gasteiger partial charge in [-0.05, 0) is 49.9 Å². The van der Waals surface area contributed by atoms with Crippen LogP contribution in [0.25, 0.3) is 0 Å². The fourth-order valence-corrected chi connectivity index (χ4v) is 3.50. The molecule has 5 nitrogen and oxygen atoms in total. The Kier molecular flexibility index (Phi) is 7.06. The molecule has 0 aromatic heterocycles. The largest absolute Gasteiger partial charge is 0.492 e. The molecule has 0 saturated heterocycles. The van der Waals surface area contributed by atoms with Crippen molar-refractivity contribution in [3.05, 3.63) is 30.5 Å². The van der Waals surface area contributed by atoms with Crippen LogP contribution >= 0.6 is 0 Å². The summed E-state index contributed by atoms with van der Waals surface area (Å²) in [5.41, 5.74) is 6.13. The van der Waals surface area contributed by atoms with Crippen molar-refractivity contribution in [1.29, 1.82) is 0 Å². The van der Waals surface area contributed by atoms with Crippen molar-refractivity contribution in [2.45, 2.75) is 64.2 Å². The van der Waals surface area contributed by atoms with E-state index in [2.05, 4.69) is 6.58 Å². The van der Waals surface area contributed by atoms with Crippen molar-refractivity contribution >= 4 is 5.69 Å². The van der Waals surface area contributed by atoms with Crippen LogP contribution in [0.4, 0.5) is 14.5 Å². The van der Waals surface area contributed by atoms with Crippen molar-refractivity contribution in [3.63, 3.8) is 0 Å². The Balaban J connectivity index is 2.54. The lowest BCUT2D eigenvalue weighted by Crippen LogP contribution is -2.52. The van der Waals surface area contributed by atoms with Gasteiger partial charge < -0.3 is 25.2 Å². The van der Waals surface area contributed by atoms with E-state index in [-0.39, 0.29) is 24.3 Å². The van der Waals surface area contributed by atoms with Gasteiger partial charge >= 0.3 is 6.61 Å². The zero-order valence-corrected chi connectivity index (χ0v) is 16.3. The average Bonchev–Trinajstić information content (AvgIpc) is 2.58.